The fraction of sp³-hybridized carbons (Fsp3) is 0.200. The zero-order valence-electron chi connectivity index (χ0n) is 19.6. The number of rotatable bonds is 7. The lowest BCUT2D eigenvalue weighted by Crippen LogP contribution is -2.31. The first-order valence-electron chi connectivity index (χ1n) is 11.6. The summed E-state index contributed by atoms with van der Waals surface area (Å²) in [5.41, 5.74) is 6.88. The van der Waals surface area contributed by atoms with E-state index in [9.17, 15) is 0 Å². The van der Waals surface area contributed by atoms with E-state index in [4.69, 9.17) is 14.2 Å². The lowest BCUT2D eigenvalue weighted by atomic mass is 9.88. The summed E-state index contributed by atoms with van der Waals surface area (Å²) >= 11 is 0. The second-order valence-corrected chi connectivity index (χ2v) is 8.43. The first-order chi connectivity index (χ1) is 16.8. The van der Waals surface area contributed by atoms with Crippen LogP contribution < -0.4 is 19.5 Å². The number of nitrogens with one attached hydrogen (secondary N) is 1. The Kier molecular flexibility index (Phi) is 6.50. The van der Waals surface area contributed by atoms with Gasteiger partial charge in [-0.1, -0.05) is 66.7 Å². The molecule has 4 aromatic carbocycles. The van der Waals surface area contributed by atoms with Gasteiger partial charge in [0.05, 0.1) is 20.3 Å². The second kappa shape index (κ2) is 10.0. The Bertz CT molecular complexity index is 1260. The first kappa shape index (κ1) is 22.1. The molecule has 1 aliphatic rings. The summed E-state index contributed by atoms with van der Waals surface area (Å²) in [6.45, 7) is 1.44. The summed E-state index contributed by atoms with van der Waals surface area (Å²) in [4.78, 5) is 0. The van der Waals surface area contributed by atoms with Crippen molar-refractivity contribution < 1.29 is 14.2 Å². The Balaban J connectivity index is 1.47. The van der Waals surface area contributed by atoms with E-state index in [0.29, 0.717) is 6.61 Å². The molecule has 0 spiro atoms. The van der Waals surface area contributed by atoms with Gasteiger partial charge in [-0.15, -0.1) is 0 Å². The first-order valence-corrected chi connectivity index (χ1v) is 11.6. The largest absolute Gasteiger partial charge is 0.496 e. The molecule has 0 radical (unpaired) electrons. The van der Waals surface area contributed by atoms with E-state index >= 15 is 0 Å². The highest BCUT2D eigenvalue weighted by molar-refractivity contribution is 5.73. The lowest BCUT2D eigenvalue weighted by molar-refractivity contribution is 0.305. The van der Waals surface area contributed by atoms with Crippen LogP contribution in [0, 0.1) is 0 Å². The molecule has 4 nitrogen and oxygen atoms in total. The number of ether oxygens (including phenoxy) is 3. The monoisotopic (exact) mass is 451 g/mol. The maximum atomic E-state index is 6.08. The number of methoxy groups -OCH3 is 2. The molecule has 1 aliphatic heterocycles. The summed E-state index contributed by atoms with van der Waals surface area (Å²) in [6, 6.07) is 31.1. The minimum absolute atomic E-state index is 0.0144. The predicted octanol–water partition coefficient (Wildman–Crippen LogP) is 6.18. The van der Waals surface area contributed by atoms with Crippen LogP contribution in [-0.4, -0.2) is 20.8 Å². The quantitative estimate of drug-likeness (QED) is 0.364. The Morgan fingerprint density at radius 3 is 2.24 bits per heavy atom. The molecule has 0 amide bonds. The number of hydrogen-bond donors (Lipinski definition) is 1. The van der Waals surface area contributed by atoms with Crippen LogP contribution >= 0.6 is 0 Å². The van der Waals surface area contributed by atoms with E-state index in [2.05, 4.69) is 59.9 Å². The molecule has 4 heteroatoms. The third-order valence-corrected chi connectivity index (χ3v) is 6.36. The van der Waals surface area contributed by atoms with Gasteiger partial charge in [0.15, 0.2) is 0 Å². The summed E-state index contributed by atoms with van der Waals surface area (Å²) in [5.74, 6) is 2.57. The van der Waals surface area contributed by atoms with Gasteiger partial charge in [0, 0.05) is 17.7 Å². The van der Waals surface area contributed by atoms with Crippen molar-refractivity contribution in [2.24, 2.45) is 0 Å². The molecule has 0 aromatic heterocycles. The molecule has 1 N–H and O–H groups in total. The van der Waals surface area contributed by atoms with Crippen LogP contribution in [0.4, 0.5) is 0 Å². The van der Waals surface area contributed by atoms with E-state index in [1.54, 1.807) is 14.2 Å². The van der Waals surface area contributed by atoms with Gasteiger partial charge < -0.3 is 19.5 Å². The molecular formula is C30H29NO3. The van der Waals surface area contributed by atoms with Crippen molar-refractivity contribution >= 4 is 0 Å². The van der Waals surface area contributed by atoms with Crippen molar-refractivity contribution in [3.8, 4) is 28.4 Å². The van der Waals surface area contributed by atoms with E-state index in [0.717, 1.165) is 52.5 Å². The van der Waals surface area contributed by atoms with E-state index in [1.807, 2.05) is 36.4 Å². The summed E-state index contributed by atoms with van der Waals surface area (Å²) in [7, 11) is 3.45. The van der Waals surface area contributed by atoms with E-state index in [1.165, 1.54) is 11.1 Å². The maximum Gasteiger partial charge on any atom is 0.127 e. The molecule has 0 bridgehead atoms. The second-order valence-electron chi connectivity index (χ2n) is 8.43. The fourth-order valence-electron chi connectivity index (χ4n) is 4.64. The Morgan fingerprint density at radius 1 is 0.765 bits per heavy atom. The minimum atomic E-state index is 0.0144. The number of benzene rings is 4. The van der Waals surface area contributed by atoms with Crippen molar-refractivity contribution in [1.29, 1.82) is 0 Å². The minimum Gasteiger partial charge on any atom is -0.496 e. The van der Waals surface area contributed by atoms with Crippen LogP contribution in [0.15, 0.2) is 91.0 Å². The van der Waals surface area contributed by atoms with Gasteiger partial charge >= 0.3 is 0 Å². The standard InChI is InChI=1S/C30H29NO3/c1-32-28-19-27(29(33-2)18-26(28)22-11-7-4-8-12-22)30-25-14-13-24(17-23(25)15-16-31-30)34-20-21-9-5-3-6-10-21/h3-14,17-19,30-31H,15-16,20H2,1-2H3. The van der Waals surface area contributed by atoms with Crippen LogP contribution in [-0.2, 0) is 13.0 Å². The van der Waals surface area contributed by atoms with Gasteiger partial charge in [-0.2, -0.15) is 0 Å². The Labute approximate surface area is 201 Å². The highest BCUT2D eigenvalue weighted by Gasteiger charge is 2.26. The SMILES string of the molecule is COc1cc(C2NCCc3cc(OCc4ccccc4)ccc32)c(OC)cc1-c1ccccc1. The summed E-state index contributed by atoms with van der Waals surface area (Å²) < 4.78 is 17.8. The lowest BCUT2D eigenvalue weighted by Gasteiger charge is -2.29. The van der Waals surface area contributed by atoms with Gasteiger partial charge in [0.2, 0.25) is 0 Å². The highest BCUT2D eigenvalue weighted by atomic mass is 16.5. The molecule has 0 aliphatic carbocycles. The van der Waals surface area contributed by atoms with Crippen LogP contribution in [0.2, 0.25) is 0 Å². The van der Waals surface area contributed by atoms with E-state index < -0.39 is 0 Å². The normalized spacial score (nSPS) is 14.8. The van der Waals surface area contributed by atoms with Crippen molar-refractivity contribution in [3.63, 3.8) is 0 Å². The molecular weight excluding hydrogens is 422 g/mol. The molecule has 0 fully saturated rings. The molecule has 0 saturated heterocycles. The third-order valence-electron chi connectivity index (χ3n) is 6.36. The third kappa shape index (κ3) is 4.50. The van der Waals surface area contributed by atoms with Gasteiger partial charge in [0.1, 0.15) is 23.9 Å². The predicted molar refractivity (Wildman–Crippen MR) is 136 cm³/mol. The molecule has 5 rings (SSSR count). The smallest absolute Gasteiger partial charge is 0.127 e. The van der Waals surface area contributed by atoms with Crippen molar-refractivity contribution in [3.05, 3.63) is 113 Å². The Morgan fingerprint density at radius 2 is 1.50 bits per heavy atom. The maximum absolute atomic E-state index is 6.08. The number of fused-ring (bicyclic) bond motifs is 1. The zero-order valence-corrected chi connectivity index (χ0v) is 19.6. The number of hydrogen-bond acceptors (Lipinski definition) is 4. The van der Waals surface area contributed by atoms with E-state index in [-0.39, 0.29) is 6.04 Å². The van der Waals surface area contributed by atoms with Crippen LogP contribution in [0.1, 0.15) is 28.3 Å². The zero-order chi connectivity index (χ0) is 23.3. The summed E-state index contributed by atoms with van der Waals surface area (Å²) in [6.07, 6.45) is 0.954. The topological polar surface area (TPSA) is 39.7 Å². The van der Waals surface area contributed by atoms with Crippen LogP contribution in [0.3, 0.4) is 0 Å². The van der Waals surface area contributed by atoms with Crippen molar-refractivity contribution in [1.82, 2.24) is 5.32 Å². The molecule has 34 heavy (non-hydrogen) atoms. The van der Waals surface area contributed by atoms with Gasteiger partial charge in [0.25, 0.3) is 0 Å². The van der Waals surface area contributed by atoms with Gasteiger partial charge in [-0.05, 0) is 52.9 Å². The van der Waals surface area contributed by atoms with Gasteiger partial charge in [-0.25, -0.2) is 0 Å². The Hall–Kier alpha value is -3.76. The van der Waals surface area contributed by atoms with Crippen LogP contribution in [0.5, 0.6) is 17.2 Å². The van der Waals surface area contributed by atoms with Crippen LogP contribution in [0.25, 0.3) is 11.1 Å². The molecule has 0 saturated carbocycles. The average molecular weight is 452 g/mol. The molecule has 1 atom stereocenters. The molecule has 4 aromatic rings. The highest BCUT2D eigenvalue weighted by Crippen LogP contribution is 2.42. The summed E-state index contributed by atoms with van der Waals surface area (Å²) in [5, 5.41) is 3.68. The fourth-order valence-corrected chi connectivity index (χ4v) is 4.64. The average Bonchev–Trinajstić information content (AvgIpc) is 2.91. The molecule has 1 unspecified atom stereocenters. The molecule has 172 valence electrons. The van der Waals surface area contributed by atoms with Crippen molar-refractivity contribution in [2.75, 3.05) is 20.8 Å². The van der Waals surface area contributed by atoms with Gasteiger partial charge in [-0.3, -0.25) is 0 Å². The molecule has 1 heterocycles. The van der Waals surface area contributed by atoms with Crippen molar-refractivity contribution in [2.45, 2.75) is 19.1 Å².